The molecule has 0 unspecified atom stereocenters. The van der Waals surface area contributed by atoms with Gasteiger partial charge in [-0.2, -0.15) is 0 Å². The zero-order valence-electron chi connectivity index (χ0n) is 10.1. The molecule has 0 atom stereocenters. The minimum atomic E-state index is -0.164. The lowest BCUT2D eigenvalue weighted by atomic mass is 10.3. The fraction of sp³-hybridized carbons (Fsp3) is 0.143. The van der Waals surface area contributed by atoms with E-state index in [1.165, 1.54) is 17.8 Å². The maximum atomic E-state index is 13.4. The number of benzene rings is 2. The van der Waals surface area contributed by atoms with Gasteiger partial charge in [0.25, 0.3) is 0 Å². The largest absolute Gasteiger partial charge is 0.399 e. The first-order chi connectivity index (χ1) is 9.16. The van der Waals surface area contributed by atoms with Crippen LogP contribution >= 0.6 is 35.1 Å². The van der Waals surface area contributed by atoms with E-state index < -0.39 is 0 Å². The zero-order valence-corrected chi connectivity index (χ0v) is 12.5. The molecule has 2 aromatic rings. The molecule has 19 heavy (non-hydrogen) atoms. The first kappa shape index (κ1) is 14.6. The fourth-order valence-corrected chi connectivity index (χ4v) is 3.70. The molecule has 2 rings (SSSR count). The molecule has 0 saturated carbocycles. The molecule has 0 fully saturated rings. The maximum Gasteiger partial charge on any atom is 0.136 e. The van der Waals surface area contributed by atoms with Crippen LogP contribution in [0.4, 0.5) is 10.1 Å². The van der Waals surface area contributed by atoms with Gasteiger partial charge in [0, 0.05) is 27.0 Å². The molecule has 0 aromatic heterocycles. The molecule has 0 bridgehead atoms. The number of anilines is 1. The Morgan fingerprint density at radius 3 is 2.37 bits per heavy atom. The van der Waals surface area contributed by atoms with Crippen LogP contribution in [-0.4, -0.2) is 11.5 Å². The van der Waals surface area contributed by atoms with Crippen molar-refractivity contribution in [2.45, 2.75) is 9.79 Å². The standard InChI is InChI=1S/C14H13ClFNS2/c15-11-9-10(17)5-6-13(11)18-7-8-19-14-4-2-1-3-12(14)16/h1-6,9H,7-8,17H2. The predicted octanol–water partition coefficient (Wildman–Crippen LogP) is 4.95. The summed E-state index contributed by atoms with van der Waals surface area (Å²) in [5, 5.41) is 0.667. The summed E-state index contributed by atoms with van der Waals surface area (Å²) in [6.45, 7) is 0. The lowest BCUT2D eigenvalue weighted by Crippen LogP contribution is -1.88. The molecule has 0 heterocycles. The molecular weight excluding hydrogens is 301 g/mol. The van der Waals surface area contributed by atoms with E-state index in [0.717, 1.165) is 16.4 Å². The van der Waals surface area contributed by atoms with Crippen molar-refractivity contribution in [3.8, 4) is 0 Å². The lowest BCUT2D eigenvalue weighted by Gasteiger charge is -2.05. The van der Waals surface area contributed by atoms with Crippen molar-refractivity contribution >= 4 is 40.8 Å². The normalized spacial score (nSPS) is 10.6. The minimum absolute atomic E-state index is 0.164. The molecule has 5 heteroatoms. The number of hydrogen-bond donors (Lipinski definition) is 1. The first-order valence-electron chi connectivity index (χ1n) is 5.72. The average Bonchev–Trinajstić information content (AvgIpc) is 2.38. The van der Waals surface area contributed by atoms with Crippen LogP contribution in [-0.2, 0) is 0 Å². The number of thioether (sulfide) groups is 2. The number of nitrogen functional groups attached to an aromatic ring is 1. The lowest BCUT2D eigenvalue weighted by molar-refractivity contribution is 0.602. The Balaban J connectivity index is 1.83. The second kappa shape index (κ2) is 7.08. The molecule has 0 spiro atoms. The summed E-state index contributed by atoms with van der Waals surface area (Å²) in [6, 6.07) is 12.3. The molecule has 1 nitrogen and oxygen atoms in total. The first-order valence-corrected chi connectivity index (χ1v) is 8.07. The van der Waals surface area contributed by atoms with Gasteiger partial charge in [0.1, 0.15) is 5.82 Å². The quantitative estimate of drug-likeness (QED) is 0.481. The predicted molar refractivity (Wildman–Crippen MR) is 83.7 cm³/mol. The molecule has 0 saturated heterocycles. The summed E-state index contributed by atoms with van der Waals surface area (Å²) in [5.74, 6) is 1.53. The monoisotopic (exact) mass is 313 g/mol. The van der Waals surface area contributed by atoms with E-state index >= 15 is 0 Å². The highest BCUT2D eigenvalue weighted by atomic mass is 35.5. The van der Waals surface area contributed by atoms with Crippen molar-refractivity contribution < 1.29 is 4.39 Å². The SMILES string of the molecule is Nc1ccc(SCCSc2ccccc2F)c(Cl)c1. The van der Waals surface area contributed by atoms with Gasteiger partial charge in [-0.1, -0.05) is 23.7 Å². The highest BCUT2D eigenvalue weighted by Crippen LogP contribution is 2.30. The molecule has 0 aliphatic carbocycles. The van der Waals surface area contributed by atoms with Crippen LogP contribution in [0.2, 0.25) is 5.02 Å². The third-order valence-electron chi connectivity index (χ3n) is 2.39. The van der Waals surface area contributed by atoms with Crippen LogP contribution in [0.25, 0.3) is 0 Å². The van der Waals surface area contributed by atoms with Crippen molar-refractivity contribution in [2.75, 3.05) is 17.2 Å². The highest BCUT2D eigenvalue weighted by Gasteiger charge is 2.03. The molecule has 100 valence electrons. The van der Waals surface area contributed by atoms with Gasteiger partial charge >= 0.3 is 0 Å². The molecule has 2 N–H and O–H groups in total. The molecule has 0 aliphatic rings. The van der Waals surface area contributed by atoms with Crippen LogP contribution in [0.15, 0.2) is 52.3 Å². The maximum absolute atomic E-state index is 13.4. The second-order valence-electron chi connectivity index (χ2n) is 3.82. The molecular formula is C14H13ClFNS2. The van der Waals surface area contributed by atoms with Crippen molar-refractivity contribution in [3.63, 3.8) is 0 Å². The van der Waals surface area contributed by atoms with E-state index in [1.807, 2.05) is 18.2 Å². The highest BCUT2D eigenvalue weighted by molar-refractivity contribution is 8.03. The average molecular weight is 314 g/mol. The summed E-state index contributed by atoms with van der Waals surface area (Å²) < 4.78 is 13.4. The third-order valence-corrected chi connectivity index (χ3v) is 5.20. The van der Waals surface area contributed by atoms with Gasteiger partial charge in [-0.15, -0.1) is 23.5 Å². The van der Waals surface area contributed by atoms with Gasteiger partial charge in [0.05, 0.1) is 5.02 Å². The third kappa shape index (κ3) is 4.34. The number of nitrogens with two attached hydrogens (primary N) is 1. The van der Waals surface area contributed by atoms with Crippen LogP contribution in [0, 0.1) is 5.82 Å². The van der Waals surface area contributed by atoms with Gasteiger partial charge in [-0.05, 0) is 30.3 Å². The van der Waals surface area contributed by atoms with E-state index in [9.17, 15) is 4.39 Å². The second-order valence-corrected chi connectivity index (χ2v) is 6.50. The Labute approximate surface area is 125 Å². The smallest absolute Gasteiger partial charge is 0.136 e. The summed E-state index contributed by atoms with van der Waals surface area (Å²) >= 11 is 9.24. The molecule has 2 aromatic carbocycles. The minimum Gasteiger partial charge on any atom is -0.399 e. The Bertz CT molecular complexity index is 563. The number of hydrogen-bond acceptors (Lipinski definition) is 3. The van der Waals surface area contributed by atoms with Gasteiger partial charge in [0.2, 0.25) is 0 Å². The fourth-order valence-electron chi connectivity index (χ4n) is 1.50. The van der Waals surface area contributed by atoms with Crippen molar-refractivity contribution in [1.82, 2.24) is 0 Å². The Morgan fingerprint density at radius 1 is 1.00 bits per heavy atom. The summed E-state index contributed by atoms with van der Waals surface area (Å²) in [6.07, 6.45) is 0. The van der Waals surface area contributed by atoms with E-state index in [-0.39, 0.29) is 5.82 Å². The van der Waals surface area contributed by atoms with Crippen molar-refractivity contribution in [1.29, 1.82) is 0 Å². The van der Waals surface area contributed by atoms with Gasteiger partial charge in [0.15, 0.2) is 0 Å². The summed E-state index contributed by atoms with van der Waals surface area (Å²) in [7, 11) is 0. The zero-order chi connectivity index (χ0) is 13.7. The molecule has 0 aliphatic heterocycles. The van der Waals surface area contributed by atoms with Gasteiger partial charge in [-0.3, -0.25) is 0 Å². The van der Waals surface area contributed by atoms with Crippen LogP contribution < -0.4 is 5.73 Å². The van der Waals surface area contributed by atoms with E-state index in [4.69, 9.17) is 17.3 Å². The van der Waals surface area contributed by atoms with Gasteiger partial charge < -0.3 is 5.73 Å². The Morgan fingerprint density at radius 2 is 1.68 bits per heavy atom. The van der Waals surface area contributed by atoms with E-state index in [1.54, 1.807) is 30.0 Å². The Hall–Kier alpha value is -0.840. The van der Waals surface area contributed by atoms with E-state index in [2.05, 4.69) is 0 Å². The van der Waals surface area contributed by atoms with Crippen LogP contribution in [0.1, 0.15) is 0 Å². The van der Waals surface area contributed by atoms with Crippen LogP contribution in [0.3, 0.4) is 0 Å². The Kier molecular flexibility index (Phi) is 5.43. The summed E-state index contributed by atoms with van der Waals surface area (Å²) in [4.78, 5) is 1.69. The number of rotatable bonds is 5. The van der Waals surface area contributed by atoms with Gasteiger partial charge in [-0.25, -0.2) is 4.39 Å². The van der Waals surface area contributed by atoms with Crippen molar-refractivity contribution in [2.24, 2.45) is 0 Å². The van der Waals surface area contributed by atoms with Crippen LogP contribution in [0.5, 0.6) is 0 Å². The molecule has 0 amide bonds. The number of halogens is 2. The molecule has 0 radical (unpaired) electrons. The summed E-state index contributed by atoms with van der Waals surface area (Å²) in [5.41, 5.74) is 6.30. The van der Waals surface area contributed by atoms with Crippen molar-refractivity contribution in [3.05, 3.63) is 53.3 Å². The topological polar surface area (TPSA) is 26.0 Å². The van der Waals surface area contributed by atoms with E-state index in [0.29, 0.717) is 15.6 Å².